The fourth-order valence-corrected chi connectivity index (χ4v) is 1.83. The minimum atomic E-state index is -4.69. The number of halogens is 3. The lowest BCUT2D eigenvalue weighted by Gasteiger charge is -2.12. The van der Waals surface area contributed by atoms with Crippen LogP contribution in [0.5, 0.6) is 5.75 Å². The number of rotatable bonds is 2. The lowest BCUT2D eigenvalue weighted by molar-refractivity contribution is -0.274. The van der Waals surface area contributed by atoms with Gasteiger partial charge in [-0.25, -0.2) is 0 Å². The molecule has 0 unspecified atom stereocenters. The van der Waals surface area contributed by atoms with Gasteiger partial charge in [0, 0.05) is 5.69 Å². The summed E-state index contributed by atoms with van der Waals surface area (Å²) in [4.78, 5) is 0. The van der Waals surface area contributed by atoms with Gasteiger partial charge in [0.1, 0.15) is 5.75 Å². The number of hydrogen-bond donors (Lipinski definition) is 1. The molecule has 0 bridgehead atoms. The van der Waals surface area contributed by atoms with Crippen molar-refractivity contribution in [3.8, 4) is 16.9 Å². The van der Waals surface area contributed by atoms with Crippen molar-refractivity contribution >= 4 is 5.69 Å². The normalized spacial score (nSPS) is 11.4. The number of nitrogens with two attached hydrogens (primary N) is 1. The quantitative estimate of drug-likeness (QED) is 0.830. The van der Waals surface area contributed by atoms with Gasteiger partial charge in [0.15, 0.2) is 0 Å². The molecule has 0 spiro atoms. The largest absolute Gasteiger partial charge is 0.573 e. The van der Waals surface area contributed by atoms with Gasteiger partial charge in [-0.05, 0) is 41.8 Å². The molecule has 0 atom stereocenters. The lowest BCUT2D eigenvalue weighted by Crippen LogP contribution is -2.17. The molecule has 0 aliphatic carbocycles. The average Bonchev–Trinajstić information content (AvgIpc) is 2.31. The Hall–Kier alpha value is -2.17. The van der Waals surface area contributed by atoms with Gasteiger partial charge in [-0.15, -0.1) is 13.2 Å². The van der Waals surface area contributed by atoms with Gasteiger partial charge in [-0.3, -0.25) is 0 Å². The molecule has 0 saturated carbocycles. The number of ether oxygens (including phenoxy) is 1. The smallest absolute Gasteiger partial charge is 0.406 e. The van der Waals surface area contributed by atoms with E-state index in [4.69, 9.17) is 5.73 Å². The summed E-state index contributed by atoms with van der Waals surface area (Å²) in [6.45, 7) is 1.82. The zero-order chi connectivity index (χ0) is 14.0. The summed E-state index contributed by atoms with van der Waals surface area (Å²) in [6.07, 6.45) is -4.69. The van der Waals surface area contributed by atoms with E-state index in [9.17, 15) is 13.2 Å². The highest BCUT2D eigenvalue weighted by Gasteiger charge is 2.31. The number of hydrogen-bond acceptors (Lipinski definition) is 2. The third-order valence-corrected chi connectivity index (χ3v) is 2.75. The van der Waals surface area contributed by atoms with Crippen molar-refractivity contribution in [2.75, 3.05) is 5.73 Å². The molecule has 2 rings (SSSR count). The van der Waals surface area contributed by atoms with Crippen molar-refractivity contribution in [2.24, 2.45) is 0 Å². The summed E-state index contributed by atoms with van der Waals surface area (Å²) in [5.41, 5.74) is 8.62. The van der Waals surface area contributed by atoms with Crippen molar-refractivity contribution in [1.82, 2.24) is 0 Å². The molecule has 5 heteroatoms. The monoisotopic (exact) mass is 267 g/mol. The Labute approximate surface area is 108 Å². The van der Waals surface area contributed by atoms with E-state index in [0.717, 1.165) is 11.1 Å². The Morgan fingerprint density at radius 1 is 1.05 bits per heavy atom. The molecule has 0 aliphatic rings. The van der Waals surface area contributed by atoms with E-state index in [2.05, 4.69) is 4.74 Å². The molecule has 2 aromatic rings. The molecule has 0 radical (unpaired) electrons. The highest BCUT2D eigenvalue weighted by molar-refractivity contribution is 5.73. The summed E-state index contributed by atoms with van der Waals surface area (Å²) in [5.74, 6) is -0.244. The van der Waals surface area contributed by atoms with Gasteiger partial charge in [-0.1, -0.05) is 24.3 Å². The van der Waals surface area contributed by atoms with Gasteiger partial charge in [0.2, 0.25) is 0 Å². The molecule has 19 heavy (non-hydrogen) atoms. The molecule has 0 aromatic heterocycles. The molecular formula is C14H12F3NO. The first-order valence-electron chi connectivity index (χ1n) is 5.58. The van der Waals surface area contributed by atoms with Crippen LogP contribution in [-0.2, 0) is 0 Å². The molecule has 0 amide bonds. The molecule has 0 heterocycles. The van der Waals surface area contributed by atoms with Crippen LogP contribution in [-0.4, -0.2) is 6.36 Å². The van der Waals surface area contributed by atoms with E-state index in [1.807, 2.05) is 6.92 Å². The average molecular weight is 267 g/mol. The Morgan fingerprint density at radius 3 is 2.42 bits per heavy atom. The number of anilines is 1. The van der Waals surface area contributed by atoms with Crippen molar-refractivity contribution in [1.29, 1.82) is 0 Å². The van der Waals surface area contributed by atoms with Gasteiger partial charge in [0.25, 0.3) is 0 Å². The van der Waals surface area contributed by atoms with E-state index in [1.165, 1.54) is 18.2 Å². The number of nitrogen functional groups attached to an aromatic ring is 1. The first-order valence-corrected chi connectivity index (χ1v) is 5.58. The zero-order valence-electron chi connectivity index (χ0n) is 10.2. The van der Waals surface area contributed by atoms with E-state index < -0.39 is 6.36 Å². The second-order valence-corrected chi connectivity index (χ2v) is 4.10. The van der Waals surface area contributed by atoms with Crippen molar-refractivity contribution in [3.05, 3.63) is 48.0 Å². The maximum Gasteiger partial charge on any atom is 0.573 e. The predicted molar refractivity (Wildman–Crippen MR) is 67.7 cm³/mol. The third-order valence-electron chi connectivity index (χ3n) is 2.75. The van der Waals surface area contributed by atoms with Gasteiger partial charge >= 0.3 is 6.36 Å². The van der Waals surface area contributed by atoms with Crippen LogP contribution in [0.15, 0.2) is 42.5 Å². The fourth-order valence-electron chi connectivity index (χ4n) is 1.83. The molecule has 0 saturated heterocycles. The first kappa shape index (κ1) is 13.3. The summed E-state index contributed by atoms with van der Waals surface area (Å²) >= 11 is 0. The third kappa shape index (κ3) is 3.19. The molecule has 0 fully saturated rings. The number of alkyl halides is 3. The van der Waals surface area contributed by atoms with Crippen LogP contribution in [0, 0.1) is 6.92 Å². The van der Waals surface area contributed by atoms with Crippen molar-refractivity contribution < 1.29 is 17.9 Å². The van der Waals surface area contributed by atoms with E-state index in [1.54, 1.807) is 24.3 Å². The van der Waals surface area contributed by atoms with Crippen LogP contribution < -0.4 is 10.5 Å². The van der Waals surface area contributed by atoms with Gasteiger partial charge < -0.3 is 10.5 Å². The van der Waals surface area contributed by atoms with E-state index in [0.29, 0.717) is 11.3 Å². The van der Waals surface area contributed by atoms with Crippen LogP contribution in [0.1, 0.15) is 5.56 Å². The van der Waals surface area contributed by atoms with Crippen molar-refractivity contribution in [2.45, 2.75) is 13.3 Å². The Kier molecular flexibility index (Phi) is 3.38. The number of benzene rings is 2. The van der Waals surface area contributed by atoms with Crippen LogP contribution in [0.2, 0.25) is 0 Å². The molecule has 2 aromatic carbocycles. The summed E-state index contributed by atoms with van der Waals surface area (Å²) < 4.78 is 40.4. The summed E-state index contributed by atoms with van der Waals surface area (Å²) in [6, 6.07) is 11.1. The highest BCUT2D eigenvalue weighted by Crippen LogP contribution is 2.31. The molecule has 0 aliphatic heterocycles. The highest BCUT2D eigenvalue weighted by atomic mass is 19.4. The maximum absolute atomic E-state index is 12.2. The van der Waals surface area contributed by atoms with Gasteiger partial charge in [0.05, 0.1) is 0 Å². The molecule has 2 nitrogen and oxygen atoms in total. The minimum absolute atomic E-state index is 0.244. The predicted octanol–water partition coefficient (Wildman–Crippen LogP) is 4.14. The van der Waals surface area contributed by atoms with Crippen LogP contribution >= 0.6 is 0 Å². The maximum atomic E-state index is 12.2. The van der Waals surface area contributed by atoms with Crippen LogP contribution in [0.4, 0.5) is 18.9 Å². The molecular weight excluding hydrogens is 255 g/mol. The first-order chi connectivity index (χ1) is 8.87. The molecule has 2 N–H and O–H groups in total. The van der Waals surface area contributed by atoms with Crippen molar-refractivity contribution in [3.63, 3.8) is 0 Å². The van der Waals surface area contributed by atoms with E-state index >= 15 is 0 Å². The van der Waals surface area contributed by atoms with Gasteiger partial charge in [-0.2, -0.15) is 0 Å². The summed E-state index contributed by atoms with van der Waals surface area (Å²) in [7, 11) is 0. The minimum Gasteiger partial charge on any atom is -0.406 e. The Bertz CT molecular complexity index is 593. The second-order valence-electron chi connectivity index (χ2n) is 4.10. The van der Waals surface area contributed by atoms with E-state index in [-0.39, 0.29) is 5.75 Å². The summed E-state index contributed by atoms with van der Waals surface area (Å²) in [5, 5.41) is 0. The lowest BCUT2D eigenvalue weighted by atomic mass is 9.99. The van der Waals surface area contributed by atoms with Crippen LogP contribution in [0.3, 0.4) is 0 Å². The second kappa shape index (κ2) is 4.84. The Balaban J connectivity index is 2.41. The standard InChI is InChI=1S/C14H12F3NO/c1-9-12(6-3-7-13(9)18)10-4-2-5-11(8-10)19-14(15,16)17/h2-8H,18H2,1H3. The SMILES string of the molecule is Cc1c(N)cccc1-c1cccc(OC(F)(F)F)c1. The Morgan fingerprint density at radius 2 is 1.74 bits per heavy atom. The van der Waals surface area contributed by atoms with Crippen LogP contribution in [0.25, 0.3) is 11.1 Å². The molecule has 100 valence electrons. The topological polar surface area (TPSA) is 35.2 Å². The zero-order valence-corrected chi connectivity index (χ0v) is 10.2. The fraction of sp³-hybridized carbons (Fsp3) is 0.143.